The van der Waals surface area contributed by atoms with Gasteiger partial charge >= 0.3 is 5.97 Å². The van der Waals surface area contributed by atoms with E-state index in [1.807, 2.05) is 0 Å². The van der Waals surface area contributed by atoms with E-state index in [9.17, 15) is 9.59 Å². The zero-order chi connectivity index (χ0) is 13.4. The number of amides is 1. The third kappa shape index (κ3) is 2.03. The first-order chi connectivity index (χ1) is 9.15. The number of carboxylic acids is 1. The fraction of sp³-hybridized carbons (Fsp3) is 0.333. The second-order valence-corrected chi connectivity index (χ2v) is 4.27. The van der Waals surface area contributed by atoms with E-state index in [4.69, 9.17) is 14.6 Å². The predicted molar refractivity (Wildman–Crippen MR) is 65.7 cm³/mol. The highest BCUT2D eigenvalue weighted by molar-refractivity contribution is 6.03. The number of anilines is 2. The van der Waals surface area contributed by atoms with Crippen molar-refractivity contribution in [3.63, 3.8) is 0 Å². The second kappa shape index (κ2) is 4.34. The van der Waals surface area contributed by atoms with Crippen LogP contribution in [0.1, 0.15) is 6.42 Å². The Morgan fingerprint density at radius 3 is 2.84 bits per heavy atom. The normalized spacial score (nSPS) is 16.0. The van der Waals surface area contributed by atoms with Gasteiger partial charge in [-0.05, 0) is 0 Å². The van der Waals surface area contributed by atoms with Gasteiger partial charge in [-0.1, -0.05) is 0 Å². The molecule has 7 nitrogen and oxygen atoms in total. The molecule has 0 saturated heterocycles. The summed E-state index contributed by atoms with van der Waals surface area (Å²) in [5, 5.41) is 11.7. The van der Waals surface area contributed by atoms with E-state index in [2.05, 4.69) is 5.32 Å². The van der Waals surface area contributed by atoms with E-state index in [-0.39, 0.29) is 32.2 Å². The van der Waals surface area contributed by atoms with Gasteiger partial charge in [0.25, 0.3) is 0 Å². The monoisotopic (exact) mass is 264 g/mol. The molecule has 1 aromatic rings. The van der Waals surface area contributed by atoms with Crippen LogP contribution < -0.4 is 19.7 Å². The molecule has 7 heteroatoms. The summed E-state index contributed by atoms with van der Waals surface area (Å²) in [7, 11) is 0. The highest BCUT2D eigenvalue weighted by Gasteiger charge is 2.27. The van der Waals surface area contributed by atoms with Crippen molar-refractivity contribution >= 4 is 23.3 Å². The molecule has 0 unspecified atom stereocenters. The van der Waals surface area contributed by atoms with Crippen molar-refractivity contribution in [3.05, 3.63) is 12.1 Å². The van der Waals surface area contributed by atoms with Gasteiger partial charge in [-0.3, -0.25) is 9.59 Å². The minimum Gasteiger partial charge on any atom is -0.481 e. The van der Waals surface area contributed by atoms with Gasteiger partial charge in [-0.25, -0.2) is 0 Å². The number of nitrogens with one attached hydrogen (secondary N) is 1. The number of nitrogens with zero attached hydrogens (tertiary/aromatic N) is 1. The summed E-state index contributed by atoms with van der Waals surface area (Å²) in [6, 6.07) is 3.46. The molecule has 1 amide bonds. The highest BCUT2D eigenvalue weighted by Crippen LogP contribution is 2.42. The molecule has 0 radical (unpaired) electrons. The molecule has 1 aromatic carbocycles. The van der Waals surface area contributed by atoms with Crippen molar-refractivity contribution in [3.8, 4) is 11.5 Å². The van der Waals surface area contributed by atoms with Crippen LogP contribution in [-0.4, -0.2) is 36.9 Å². The summed E-state index contributed by atoms with van der Waals surface area (Å²) >= 11 is 0. The number of hydrogen-bond donors (Lipinski definition) is 2. The van der Waals surface area contributed by atoms with Crippen molar-refractivity contribution in [1.29, 1.82) is 0 Å². The van der Waals surface area contributed by atoms with Crippen LogP contribution in [0.3, 0.4) is 0 Å². The topological polar surface area (TPSA) is 88.1 Å². The van der Waals surface area contributed by atoms with E-state index in [0.29, 0.717) is 17.2 Å². The van der Waals surface area contributed by atoms with Gasteiger partial charge in [0.15, 0.2) is 11.5 Å². The van der Waals surface area contributed by atoms with Crippen LogP contribution in [-0.2, 0) is 9.59 Å². The van der Waals surface area contributed by atoms with Crippen LogP contribution in [0.2, 0.25) is 0 Å². The Labute approximate surface area is 108 Å². The molecule has 2 heterocycles. The van der Waals surface area contributed by atoms with Gasteiger partial charge in [0.2, 0.25) is 12.7 Å². The van der Waals surface area contributed by atoms with Crippen molar-refractivity contribution in [2.45, 2.75) is 6.42 Å². The Balaban J connectivity index is 1.94. The molecule has 19 heavy (non-hydrogen) atoms. The van der Waals surface area contributed by atoms with E-state index >= 15 is 0 Å². The number of benzene rings is 1. The summed E-state index contributed by atoms with van der Waals surface area (Å²) in [5.41, 5.74) is 1.37. The molecule has 2 N–H and O–H groups in total. The van der Waals surface area contributed by atoms with Crippen LogP contribution >= 0.6 is 0 Å². The van der Waals surface area contributed by atoms with Crippen molar-refractivity contribution in [2.24, 2.45) is 0 Å². The van der Waals surface area contributed by atoms with E-state index in [0.717, 1.165) is 5.69 Å². The Kier molecular flexibility index (Phi) is 2.66. The fourth-order valence-electron chi connectivity index (χ4n) is 2.15. The maximum atomic E-state index is 11.9. The molecule has 0 spiro atoms. The summed E-state index contributed by atoms with van der Waals surface area (Å²) in [5.74, 6) is 0.0931. The number of rotatable bonds is 3. The summed E-state index contributed by atoms with van der Waals surface area (Å²) in [4.78, 5) is 24.0. The van der Waals surface area contributed by atoms with Crippen molar-refractivity contribution in [1.82, 2.24) is 0 Å². The number of carboxylic acid groups (broad SMARTS) is 1. The lowest BCUT2D eigenvalue weighted by Gasteiger charge is -2.30. The number of carbonyl (C=O) groups excluding carboxylic acids is 1. The zero-order valence-corrected chi connectivity index (χ0v) is 10.0. The van der Waals surface area contributed by atoms with Gasteiger partial charge < -0.3 is 24.8 Å². The Morgan fingerprint density at radius 1 is 1.37 bits per heavy atom. The fourth-order valence-corrected chi connectivity index (χ4v) is 2.15. The molecule has 0 atom stereocenters. The van der Waals surface area contributed by atoms with Crippen LogP contribution in [0, 0.1) is 0 Å². The molecule has 0 bridgehead atoms. The van der Waals surface area contributed by atoms with Gasteiger partial charge in [0.05, 0.1) is 24.3 Å². The number of fused-ring (bicyclic) bond motifs is 2. The Bertz CT molecular complexity index is 557. The largest absolute Gasteiger partial charge is 0.481 e. The first-order valence-electron chi connectivity index (χ1n) is 5.85. The van der Waals surface area contributed by atoms with Crippen molar-refractivity contribution < 1.29 is 24.2 Å². The lowest BCUT2D eigenvalue weighted by Crippen LogP contribution is -2.41. The molecule has 100 valence electrons. The maximum Gasteiger partial charge on any atom is 0.305 e. The van der Waals surface area contributed by atoms with Gasteiger partial charge in [0.1, 0.15) is 0 Å². The highest BCUT2D eigenvalue weighted by atomic mass is 16.7. The standard InChI is InChI=1S/C12H12N2O5/c15-11-5-13-7-3-9-10(19-6-18-9)4-8(7)14(11)2-1-12(16)17/h3-4,13H,1-2,5-6H2,(H,16,17). The maximum absolute atomic E-state index is 11.9. The van der Waals surface area contributed by atoms with E-state index < -0.39 is 5.97 Å². The molecule has 0 fully saturated rings. The summed E-state index contributed by atoms with van der Waals surface area (Å²) in [6.07, 6.45) is -0.0976. The summed E-state index contributed by atoms with van der Waals surface area (Å²) in [6.45, 7) is 0.441. The van der Waals surface area contributed by atoms with Crippen LogP contribution in [0.4, 0.5) is 11.4 Å². The number of ether oxygens (including phenoxy) is 2. The molecule has 0 saturated carbocycles. The average molecular weight is 264 g/mol. The Hall–Kier alpha value is -2.44. The average Bonchev–Trinajstić information content (AvgIpc) is 2.82. The molecular weight excluding hydrogens is 252 g/mol. The number of hydrogen-bond acceptors (Lipinski definition) is 5. The minimum absolute atomic E-state index is 0.0976. The molecule has 3 rings (SSSR count). The Morgan fingerprint density at radius 2 is 2.11 bits per heavy atom. The quantitative estimate of drug-likeness (QED) is 0.833. The lowest BCUT2D eigenvalue weighted by atomic mass is 10.1. The van der Waals surface area contributed by atoms with Crippen molar-refractivity contribution in [2.75, 3.05) is 30.1 Å². The number of carbonyl (C=O) groups is 2. The van der Waals surface area contributed by atoms with E-state index in [1.54, 1.807) is 12.1 Å². The molecular formula is C12H12N2O5. The SMILES string of the molecule is O=C(O)CCN1C(=O)CNc2cc3c(cc21)OCO3. The van der Waals surface area contributed by atoms with E-state index in [1.165, 1.54) is 4.90 Å². The zero-order valence-electron chi connectivity index (χ0n) is 10.0. The lowest BCUT2D eigenvalue weighted by molar-refractivity contribution is -0.136. The second-order valence-electron chi connectivity index (χ2n) is 4.27. The number of aliphatic carboxylic acids is 1. The predicted octanol–water partition coefficient (Wildman–Crippen LogP) is 0.648. The molecule has 2 aliphatic rings. The minimum atomic E-state index is -0.936. The van der Waals surface area contributed by atoms with Gasteiger partial charge in [0, 0.05) is 18.7 Å². The van der Waals surface area contributed by atoms with Gasteiger partial charge in [-0.15, -0.1) is 0 Å². The third-order valence-electron chi connectivity index (χ3n) is 3.06. The van der Waals surface area contributed by atoms with Crippen LogP contribution in [0.25, 0.3) is 0 Å². The van der Waals surface area contributed by atoms with Crippen LogP contribution in [0.15, 0.2) is 12.1 Å². The first-order valence-corrected chi connectivity index (χ1v) is 5.85. The van der Waals surface area contributed by atoms with Gasteiger partial charge in [-0.2, -0.15) is 0 Å². The third-order valence-corrected chi connectivity index (χ3v) is 3.06. The molecule has 0 aliphatic carbocycles. The molecule has 2 aliphatic heterocycles. The molecule has 0 aromatic heterocycles. The smallest absolute Gasteiger partial charge is 0.305 e. The first kappa shape index (κ1) is 11.6. The van der Waals surface area contributed by atoms with Crippen LogP contribution in [0.5, 0.6) is 11.5 Å². The summed E-state index contributed by atoms with van der Waals surface area (Å²) < 4.78 is 10.5.